The molecular weight excluding hydrogens is 232 g/mol. The lowest BCUT2D eigenvalue weighted by Gasteiger charge is -2.18. The molecule has 0 aromatic carbocycles. The number of carbonyl (C=O) groups is 1. The second kappa shape index (κ2) is 6.43. The fourth-order valence-corrected chi connectivity index (χ4v) is 2.37. The van der Waals surface area contributed by atoms with E-state index in [1.165, 1.54) is 11.3 Å². The van der Waals surface area contributed by atoms with Gasteiger partial charge in [0.1, 0.15) is 4.88 Å². The molecule has 0 saturated carbocycles. The van der Waals surface area contributed by atoms with Gasteiger partial charge in [-0.1, -0.05) is 25.7 Å². The molecule has 1 heterocycles. The molecule has 92 valence electrons. The van der Waals surface area contributed by atoms with E-state index >= 15 is 0 Å². The van der Waals surface area contributed by atoms with Crippen molar-refractivity contribution in [3.05, 3.63) is 21.9 Å². The van der Waals surface area contributed by atoms with Crippen molar-refractivity contribution in [2.24, 2.45) is 11.7 Å². The van der Waals surface area contributed by atoms with Crippen LogP contribution in [0.2, 0.25) is 0 Å². The first-order valence-corrected chi connectivity index (χ1v) is 6.46. The molecule has 0 atom stereocenters. The van der Waals surface area contributed by atoms with Crippen LogP contribution >= 0.6 is 11.3 Å². The van der Waals surface area contributed by atoms with E-state index in [4.69, 9.17) is 5.73 Å². The molecule has 0 aliphatic rings. The van der Waals surface area contributed by atoms with Crippen molar-refractivity contribution in [2.45, 2.75) is 13.8 Å². The van der Waals surface area contributed by atoms with Crippen molar-refractivity contribution in [3.8, 4) is 11.8 Å². The highest BCUT2D eigenvalue weighted by molar-refractivity contribution is 7.12. The fourth-order valence-electron chi connectivity index (χ4n) is 1.52. The topological polar surface area (TPSA) is 46.3 Å². The standard InChI is InChI=1S/C13H18N2OS/c1-10(2)9-15(3)13(16)12-11(5-4-7-14)6-8-17-12/h6,8,10H,7,9,14H2,1-3H3. The summed E-state index contributed by atoms with van der Waals surface area (Å²) in [7, 11) is 1.82. The molecule has 0 saturated heterocycles. The average molecular weight is 250 g/mol. The van der Waals surface area contributed by atoms with Gasteiger partial charge in [-0.05, 0) is 17.4 Å². The summed E-state index contributed by atoms with van der Waals surface area (Å²) in [4.78, 5) is 14.6. The Morgan fingerprint density at radius 3 is 2.88 bits per heavy atom. The summed E-state index contributed by atoms with van der Waals surface area (Å²) in [6.07, 6.45) is 0. The molecule has 3 nitrogen and oxygen atoms in total. The molecule has 0 bridgehead atoms. The first kappa shape index (κ1) is 13.8. The molecule has 1 aromatic rings. The molecule has 1 amide bonds. The largest absolute Gasteiger partial charge is 0.341 e. The lowest BCUT2D eigenvalue weighted by Crippen LogP contribution is -2.30. The Kier molecular flexibility index (Phi) is 5.20. The van der Waals surface area contributed by atoms with Crippen molar-refractivity contribution in [1.29, 1.82) is 0 Å². The van der Waals surface area contributed by atoms with Crippen molar-refractivity contribution in [1.82, 2.24) is 4.90 Å². The third-order valence-corrected chi connectivity index (χ3v) is 3.07. The highest BCUT2D eigenvalue weighted by Crippen LogP contribution is 2.18. The first-order chi connectivity index (χ1) is 8.06. The van der Waals surface area contributed by atoms with Gasteiger partial charge >= 0.3 is 0 Å². The van der Waals surface area contributed by atoms with E-state index in [2.05, 4.69) is 25.7 Å². The number of rotatable bonds is 3. The van der Waals surface area contributed by atoms with Crippen LogP contribution in [0.5, 0.6) is 0 Å². The quantitative estimate of drug-likeness (QED) is 0.831. The zero-order valence-corrected chi connectivity index (χ0v) is 11.3. The number of carbonyl (C=O) groups excluding carboxylic acids is 1. The van der Waals surface area contributed by atoms with Crippen LogP contribution in [0.3, 0.4) is 0 Å². The normalized spacial score (nSPS) is 9.94. The number of hydrogen-bond acceptors (Lipinski definition) is 3. The second-order valence-electron chi connectivity index (χ2n) is 4.25. The molecule has 0 aliphatic carbocycles. The Balaban J connectivity index is 2.85. The van der Waals surface area contributed by atoms with Crippen LogP contribution in [0.4, 0.5) is 0 Å². The van der Waals surface area contributed by atoms with Gasteiger partial charge in [0.25, 0.3) is 5.91 Å². The molecule has 0 unspecified atom stereocenters. The van der Waals surface area contributed by atoms with Gasteiger partial charge in [-0.3, -0.25) is 4.79 Å². The van der Waals surface area contributed by atoms with Gasteiger partial charge in [0.05, 0.1) is 6.54 Å². The minimum absolute atomic E-state index is 0.0371. The highest BCUT2D eigenvalue weighted by Gasteiger charge is 2.17. The number of hydrogen-bond donors (Lipinski definition) is 1. The maximum absolute atomic E-state index is 12.2. The summed E-state index contributed by atoms with van der Waals surface area (Å²) in [5.74, 6) is 6.21. The van der Waals surface area contributed by atoms with Crippen molar-refractivity contribution >= 4 is 17.2 Å². The summed E-state index contributed by atoms with van der Waals surface area (Å²) in [5.41, 5.74) is 6.11. The molecule has 0 aliphatic heterocycles. The van der Waals surface area contributed by atoms with Crippen LogP contribution in [0, 0.1) is 17.8 Å². The smallest absolute Gasteiger partial charge is 0.264 e. The van der Waals surface area contributed by atoms with E-state index in [9.17, 15) is 4.79 Å². The third kappa shape index (κ3) is 3.88. The summed E-state index contributed by atoms with van der Waals surface area (Å²) in [6, 6.07) is 1.86. The molecule has 1 rings (SSSR count). The van der Waals surface area contributed by atoms with Crippen LogP contribution in [0.25, 0.3) is 0 Å². The summed E-state index contributed by atoms with van der Waals surface area (Å²) < 4.78 is 0. The average Bonchev–Trinajstić information content (AvgIpc) is 2.72. The summed E-state index contributed by atoms with van der Waals surface area (Å²) in [6.45, 7) is 5.24. The maximum Gasteiger partial charge on any atom is 0.264 e. The predicted octanol–water partition coefficient (Wildman–Crippen LogP) is 1.79. The number of nitrogens with two attached hydrogens (primary N) is 1. The van der Waals surface area contributed by atoms with E-state index in [1.54, 1.807) is 4.90 Å². The van der Waals surface area contributed by atoms with E-state index < -0.39 is 0 Å². The SMILES string of the molecule is CC(C)CN(C)C(=O)c1sccc1C#CCN. The first-order valence-electron chi connectivity index (χ1n) is 5.58. The van der Waals surface area contributed by atoms with E-state index in [-0.39, 0.29) is 5.91 Å². The van der Waals surface area contributed by atoms with Crippen LogP contribution in [-0.2, 0) is 0 Å². The van der Waals surface area contributed by atoms with Crippen molar-refractivity contribution in [2.75, 3.05) is 20.1 Å². The number of nitrogens with zero attached hydrogens (tertiary/aromatic N) is 1. The molecule has 1 aromatic heterocycles. The zero-order chi connectivity index (χ0) is 12.8. The Bertz CT molecular complexity index is 440. The summed E-state index contributed by atoms with van der Waals surface area (Å²) >= 11 is 1.43. The minimum atomic E-state index is 0.0371. The van der Waals surface area contributed by atoms with Gasteiger partial charge in [-0.15, -0.1) is 11.3 Å². The monoisotopic (exact) mass is 250 g/mol. The highest BCUT2D eigenvalue weighted by atomic mass is 32.1. The molecule has 4 heteroatoms. The number of amides is 1. The zero-order valence-electron chi connectivity index (χ0n) is 10.5. The molecular formula is C13H18N2OS. The Hall–Kier alpha value is -1.31. The van der Waals surface area contributed by atoms with Crippen molar-refractivity contribution in [3.63, 3.8) is 0 Å². The third-order valence-electron chi connectivity index (χ3n) is 2.17. The van der Waals surface area contributed by atoms with Gasteiger partial charge in [0.2, 0.25) is 0 Å². The summed E-state index contributed by atoms with van der Waals surface area (Å²) in [5, 5.41) is 1.89. The molecule has 17 heavy (non-hydrogen) atoms. The lowest BCUT2D eigenvalue weighted by molar-refractivity contribution is 0.0783. The van der Waals surface area contributed by atoms with Gasteiger partial charge in [-0.2, -0.15) is 0 Å². The second-order valence-corrected chi connectivity index (χ2v) is 5.16. The molecule has 0 radical (unpaired) electrons. The Morgan fingerprint density at radius 1 is 1.59 bits per heavy atom. The Morgan fingerprint density at radius 2 is 2.29 bits per heavy atom. The van der Waals surface area contributed by atoms with Gasteiger partial charge in [-0.25, -0.2) is 0 Å². The van der Waals surface area contributed by atoms with Crippen LogP contribution in [0.1, 0.15) is 29.1 Å². The predicted molar refractivity (Wildman–Crippen MR) is 72.0 cm³/mol. The lowest BCUT2D eigenvalue weighted by atomic mass is 10.2. The van der Waals surface area contributed by atoms with Gasteiger partial charge in [0.15, 0.2) is 0 Å². The maximum atomic E-state index is 12.2. The molecule has 0 fully saturated rings. The van der Waals surface area contributed by atoms with Gasteiger partial charge < -0.3 is 10.6 Å². The van der Waals surface area contributed by atoms with E-state index in [0.29, 0.717) is 17.3 Å². The van der Waals surface area contributed by atoms with E-state index in [0.717, 1.165) is 12.1 Å². The van der Waals surface area contributed by atoms with Crippen LogP contribution in [-0.4, -0.2) is 30.9 Å². The van der Waals surface area contributed by atoms with Crippen LogP contribution in [0.15, 0.2) is 11.4 Å². The van der Waals surface area contributed by atoms with Crippen molar-refractivity contribution < 1.29 is 4.79 Å². The van der Waals surface area contributed by atoms with Gasteiger partial charge in [0, 0.05) is 19.2 Å². The fraction of sp³-hybridized carbons (Fsp3) is 0.462. The number of thiophene rings is 1. The minimum Gasteiger partial charge on any atom is -0.341 e. The molecule has 2 N–H and O–H groups in total. The molecule has 0 spiro atoms. The van der Waals surface area contributed by atoms with E-state index in [1.807, 2.05) is 18.5 Å². The Labute approximate surface area is 107 Å². The van der Waals surface area contributed by atoms with Crippen LogP contribution < -0.4 is 5.73 Å².